The van der Waals surface area contributed by atoms with E-state index in [1.165, 1.54) is 18.2 Å². The van der Waals surface area contributed by atoms with Crippen LogP contribution in [0.1, 0.15) is 45.6 Å². The number of hydrogen-bond acceptors (Lipinski definition) is 4. The molecule has 1 aromatic rings. The molecule has 27 heavy (non-hydrogen) atoms. The fourth-order valence-electron chi connectivity index (χ4n) is 2.92. The molecule has 152 valence electrons. The number of halogens is 3. The van der Waals surface area contributed by atoms with E-state index in [9.17, 15) is 18.0 Å². The molecule has 1 atom stereocenters. The summed E-state index contributed by atoms with van der Waals surface area (Å²) < 4.78 is 46.3. The van der Waals surface area contributed by atoms with Crippen LogP contribution in [0.3, 0.4) is 0 Å². The summed E-state index contributed by atoms with van der Waals surface area (Å²) in [5.41, 5.74) is 0.190. The zero-order valence-electron chi connectivity index (χ0n) is 15.9. The van der Waals surface area contributed by atoms with Gasteiger partial charge in [-0.2, -0.15) is 0 Å². The standard InChI is InChI=1S/C19H27F3N2O3/c1-18(2,3)27-17(25)24-10-5-7-15(9-11-24)23-13-14-6-4-8-16(12-14)26-19(20,21)22/h4,6,8,12,15,23H,5,7,9-11,13H2,1-3H3. The molecule has 1 saturated heterocycles. The lowest BCUT2D eigenvalue weighted by atomic mass is 10.1. The third-order valence-electron chi connectivity index (χ3n) is 4.11. The molecule has 1 amide bonds. The summed E-state index contributed by atoms with van der Waals surface area (Å²) in [4.78, 5) is 13.9. The number of carbonyl (C=O) groups is 1. The molecule has 8 heteroatoms. The predicted octanol–water partition coefficient (Wildman–Crippen LogP) is 4.46. The van der Waals surface area contributed by atoms with Crippen molar-refractivity contribution in [2.45, 2.75) is 64.6 Å². The topological polar surface area (TPSA) is 50.8 Å². The molecule has 2 rings (SSSR count). The first-order valence-corrected chi connectivity index (χ1v) is 9.08. The highest BCUT2D eigenvalue weighted by molar-refractivity contribution is 5.68. The van der Waals surface area contributed by atoms with Crippen molar-refractivity contribution in [2.75, 3.05) is 13.1 Å². The van der Waals surface area contributed by atoms with Crippen molar-refractivity contribution in [1.29, 1.82) is 0 Å². The van der Waals surface area contributed by atoms with Crippen LogP contribution in [0.15, 0.2) is 24.3 Å². The average molecular weight is 388 g/mol. The third kappa shape index (κ3) is 8.07. The molecule has 1 aliphatic rings. The predicted molar refractivity (Wildman–Crippen MR) is 95.4 cm³/mol. The van der Waals surface area contributed by atoms with Crippen molar-refractivity contribution < 1.29 is 27.4 Å². The Kier molecular flexibility index (Phi) is 6.97. The first-order chi connectivity index (χ1) is 12.5. The van der Waals surface area contributed by atoms with Crippen molar-refractivity contribution in [1.82, 2.24) is 10.2 Å². The summed E-state index contributed by atoms with van der Waals surface area (Å²) in [6.07, 6.45) is -2.51. The number of alkyl halides is 3. The number of benzene rings is 1. The lowest BCUT2D eigenvalue weighted by molar-refractivity contribution is -0.274. The Hall–Kier alpha value is -1.96. The molecule has 1 fully saturated rings. The smallest absolute Gasteiger partial charge is 0.444 e. The molecule has 0 saturated carbocycles. The summed E-state index contributed by atoms with van der Waals surface area (Å²) in [5.74, 6) is -0.223. The van der Waals surface area contributed by atoms with Crippen LogP contribution in [0.5, 0.6) is 5.75 Å². The highest BCUT2D eigenvalue weighted by Gasteiger charge is 2.31. The van der Waals surface area contributed by atoms with E-state index < -0.39 is 12.0 Å². The molecule has 1 unspecified atom stereocenters. The molecular weight excluding hydrogens is 361 g/mol. The molecule has 0 radical (unpaired) electrons. The van der Waals surface area contributed by atoms with Crippen molar-refractivity contribution in [3.63, 3.8) is 0 Å². The van der Waals surface area contributed by atoms with E-state index in [0.717, 1.165) is 19.3 Å². The van der Waals surface area contributed by atoms with Gasteiger partial charge in [-0.05, 0) is 57.7 Å². The van der Waals surface area contributed by atoms with Crippen molar-refractivity contribution in [3.05, 3.63) is 29.8 Å². The summed E-state index contributed by atoms with van der Waals surface area (Å²) in [7, 11) is 0. The molecule has 1 aromatic carbocycles. The zero-order chi connectivity index (χ0) is 20.1. The number of amides is 1. The van der Waals surface area contributed by atoms with E-state index in [4.69, 9.17) is 4.74 Å². The fraction of sp³-hybridized carbons (Fsp3) is 0.632. The Bertz CT molecular complexity index is 629. The summed E-state index contributed by atoms with van der Waals surface area (Å²) in [6, 6.07) is 6.13. The summed E-state index contributed by atoms with van der Waals surface area (Å²) in [6.45, 7) is 7.18. The van der Waals surface area contributed by atoms with Crippen LogP contribution in [0.25, 0.3) is 0 Å². The van der Waals surface area contributed by atoms with Crippen LogP contribution in [0.4, 0.5) is 18.0 Å². The normalized spacial score (nSPS) is 18.7. The Morgan fingerprint density at radius 2 is 1.96 bits per heavy atom. The molecule has 0 bridgehead atoms. The largest absolute Gasteiger partial charge is 0.573 e. The Morgan fingerprint density at radius 3 is 2.63 bits per heavy atom. The van der Waals surface area contributed by atoms with Gasteiger partial charge >= 0.3 is 12.5 Å². The summed E-state index contributed by atoms with van der Waals surface area (Å²) >= 11 is 0. The van der Waals surface area contributed by atoms with Crippen LogP contribution >= 0.6 is 0 Å². The molecule has 1 heterocycles. The van der Waals surface area contributed by atoms with E-state index >= 15 is 0 Å². The molecule has 0 spiro atoms. The maximum absolute atomic E-state index is 12.3. The van der Waals surface area contributed by atoms with E-state index in [1.54, 1.807) is 11.0 Å². The lowest BCUT2D eigenvalue weighted by Crippen LogP contribution is -2.38. The first kappa shape index (κ1) is 21.3. The van der Waals surface area contributed by atoms with Crippen LogP contribution < -0.4 is 10.1 Å². The fourth-order valence-corrected chi connectivity index (χ4v) is 2.92. The van der Waals surface area contributed by atoms with E-state index in [-0.39, 0.29) is 17.9 Å². The van der Waals surface area contributed by atoms with Crippen molar-refractivity contribution in [3.8, 4) is 5.75 Å². The van der Waals surface area contributed by atoms with Gasteiger partial charge in [0.2, 0.25) is 0 Å². The maximum atomic E-state index is 12.3. The average Bonchev–Trinajstić information content (AvgIpc) is 2.75. The Morgan fingerprint density at radius 1 is 1.22 bits per heavy atom. The number of nitrogens with zero attached hydrogens (tertiary/aromatic N) is 1. The SMILES string of the molecule is CC(C)(C)OC(=O)N1CCCC(NCc2cccc(OC(F)(F)F)c2)CC1. The van der Waals surface area contributed by atoms with Gasteiger partial charge in [-0.3, -0.25) is 0 Å². The van der Waals surface area contributed by atoms with Crippen LogP contribution in [0, 0.1) is 0 Å². The number of carbonyl (C=O) groups excluding carboxylic acids is 1. The van der Waals surface area contributed by atoms with E-state index in [1.807, 2.05) is 20.8 Å². The van der Waals surface area contributed by atoms with Gasteiger partial charge in [0.1, 0.15) is 11.4 Å². The van der Waals surface area contributed by atoms with Crippen molar-refractivity contribution in [2.24, 2.45) is 0 Å². The monoisotopic (exact) mass is 388 g/mol. The Labute approximate surface area is 157 Å². The van der Waals surface area contributed by atoms with Gasteiger partial charge in [0.05, 0.1) is 0 Å². The second-order valence-corrected chi connectivity index (χ2v) is 7.67. The molecule has 1 N–H and O–H groups in total. The number of rotatable bonds is 4. The number of likely N-dealkylation sites (tertiary alicyclic amines) is 1. The lowest BCUT2D eigenvalue weighted by Gasteiger charge is -2.26. The second-order valence-electron chi connectivity index (χ2n) is 7.67. The van der Waals surface area contributed by atoms with Gasteiger partial charge in [-0.15, -0.1) is 13.2 Å². The first-order valence-electron chi connectivity index (χ1n) is 9.08. The quantitative estimate of drug-likeness (QED) is 0.827. The summed E-state index contributed by atoms with van der Waals surface area (Å²) in [5, 5.41) is 3.36. The van der Waals surface area contributed by atoms with Gasteiger partial charge in [0.15, 0.2) is 0 Å². The van der Waals surface area contributed by atoms with Gasteiger partial charge in [0.25, 0.3) is 0 Å². The van der Waals surface area contributed by atoms with Gasteiger partial charge in [-0.1, -0.05) is 12.1 Å². The van der Waals surface area contributed by atoms with Gasteiger partial charge in [0, 0.05) is 25.7 Å². The van der Waals surface area contributed by atoms with E-state index in [0.29, 0.717) is 25.2 Å². The van der Waals surface area contributed by atoms with Crippen molar-refractivity contribution >= 4 is 6.09 Å². The number of nitrogens with one attached hydrogen (secondary N) is 1. The number of hydrogen-bond donors (Lipinski definition) is 1. The highest BCUT2D eigenvalue weighted by Crippen LogP contribution is 2.23. The highest BCUT2D eigenvalue weighted by atomic mass is 19.4. The van der Waals surface area contributed by atoms with Gasteiger partial charge in [-0.25, -0.2) is 4.79 Å². The minimum atomic E-state index is -4.70. The van der Waals surface area contributed by atoms with Crippen LogP contribution in [0.2, 0.25) is 0 Å². The number of ether oxygens (including phenoxy) is 2. The zero-order valence-corrected chi connectivity index (χ0v) is 15.9. The Balaban J connectivity index is 1.84. The van der Waals surface area contributed by atoms with Gasteiger partial charge < -0.3 is 19.7 Å². The molecule has 5 nitrogen and oxygen atoms in total. The van der Waals surface area contributed by atoms with E-state index in [2.05, 4.69) is 10.1 Å². The molecule has 0 aromatic heterocycles. The third-order valence-corrected chi connectivity index (χ3v) is 4.11. The maximum Gasteiger partial charge on any atom is 0.573 e. The molecule has 0 aliphatic carbocycles. The minimum absolute atomic E-state index is 0.185. The minimum Gasteiger partial charge on any atom is -0.444 e. The van der Waals surface area contributed by atoms with Crippen LogP contribution in [-0.2, 0) is 11.3 Å². The van der Waals surface area contributed by atoms with Crippen LogP contribution in [-0.4, -0.2) is 42.1 Å². The molecule has 1 aliphatic heterocycles. The molecular formula is C19H27F3N2O3. The second kappa shape index (κ2) is 8.82.